The monoisotopic (exact) mass is 183 g/mol. The summed E-state index contributed by atoms with van der Waals surface area (Å²) in [6.45, 7) is 4.12. The van der Waals surface area contributed by atoms with Gasteiger partial charge in [-0.3, -0.25) is 10.1 Å². The first-order chi connectivity index (χ1) is 6.13. The predicted molar refractivity (Wildman–Crippen MR) is 52.4 cm³/mol. The molecule has 0 aromatic carbocycles. The molecule has 3 nitrogen and oxygen atoms in total. The van der Waals surface area contributed by atoms with Gasteiger partial charge in [-0.15, -0.1) is 6.42 Å². The van der Waals surface area contributed by atoms with Crippen molar-refractivity contribution >= 4 is 5.97 Å². The van der Waals surface area contributed by atoms with Crippen LogP contribution in [0.4, 0.5) is 0 Å². The third-order valence-electron chi connectivity index (χ3n) is 2.22. The first-order valence-corrected chi connectivity index (χ1v) is 4.54. The standard InChI is InChI=1S/C10H17NO2/c1-4-7-10(6-3,9(12)13)11-8-5-2/h2,11H,4,6-8H2,1,3H3,(H,12,13). The molecule has 0 saturated carbocycles. The molecule has 0 amide bonds. The summed E-state index contributed by atoms with van der Waals surface area (Å²) in [5.74, 6) is 1.58. The van der Waals surface area contributed by atoms with Gasteiger partial charge in [0, 0.05) is 0 Å². The lowest BCUT2D eigenvalue weighted by Crippen LogP contribution is -2.51. The highest BCUT2D eigenvalue weighted by atomic mass is 16.4. The minimum atomic E-state index is -0.832. The van der Waals surface area contributed by atoms with Gasteiger partial charge < -0.3 is 5.11 Å². The maximum absolute atomic E-state index is 11.0. The van der Waals surface area contributed by atoms with E-state index < -0.39 is 11.5 Å². The van der Waals surface area contributed by atoms with Crippen LogP contribution in [0.3, 0.4) is 0 Å². The Bertz CT molecular complexity index is 207. The number of aliphatic carboxylic acids is 1. The van der Waals surface area contributed by atoms with Crippen LogP contribution in [0.2, 0.25) is 0 Å². The number of carboxylic acids is 1. The van der Waals surface area contributed by atoms with Crippen molar-refractivity contribution in [2.24, 2.45) is 0 Å². The molecule has 0 rings (SSSR count). The average Bonchev–Trinajstić information content (AvgIpc) is 2.12. The van der Waals surface area contributed by atoms with Crippen LogP contribution < -0.4 is 5.32 Å². The zero-order chi connectivity index (χ0) is 10.3. The van der Waals surface area contributed by atoms with E-state index in [0.29, 0.717) is 19.4 Å². The van der Waals surface area contributed by atoms with Crippen molar-refractivity contribution in [3.05, 3.63) is 0 Å². The van der Waals surface area contributed by atoms with Crippen LogP contribution in [0.1, 0.15) is 33.1 Å². The second-order valence-corrected chi connectivity index (χ2v) is 3.05. The minimum absolute atomic E-state index is 0.306. The second kappa shape index (κ2) is 5.60. The van der Waals surface area contributed by atoms with Crippen LogP contribution in [-0.2, 0) is 4.79 Å². The van der Waals surface area contributed by atoms with E-state index in [4.69, 9.17) is 11.5 Å². The molecule has 2 N–H and O–H groups in total. The van der Waals surface area contributed by atoms with Crippen molar-refractivity contribution in [1.82, 2.24) is 5.32 Å². The number of rotatable bonds is 6. The number of nitrogens with one attached hydrogen (secondary N) is 1. The van der Waals surface area contributed by atoms with E-state index in [-0.39, 0.29) is 0 Å². The van der Waals surface area contributed by atoms with Gasteiger partial charge in [0.25, 0.3) is 0 Å². The lowest BCUT2D eigenvalue weighted by molar-refractivity contribution is -0.145. The summed E-state index contributed by atoms with van der Waals surface area (Å²) in [5, 5.41) is 11.9. The van der Waals surface area contributed by atoms with Gasteiger partial charge >= 0.3 is 5.97 Å². The van der Waals surface area contributed by atoms with Crippen molar-refractivity contribution in [2.45, 2.75) is 38.6 Å². The zero-order valence-electron chi connectivity index (χ0n) is 8.26. The topological polar surface area (TPSA) is 49.3 Å². The Balaban J connectivity index is 4.46. The first kappa shape index (κ1) is 12.0. The summed E-state index contributed by atoms with van der Waals surface area (Å²) in [6, 6.07) is 0. The number of carboxylic acid groups (broad SMARTS) is 1. The first-order valence-electron chi connectivity index (χ1n) is 4.54. The van der Waals surface area contributed by atoms with Crippen LogP contribution >= 0.6 is 0 Å². The fourth-order valence-electron chi connectivity index (χ4n) is 1.37. The largest absolute Gasteiger partial charge is 0.480 e. The van der Waals surface area contributed by atoms with E-state index in [0.717, 1.165) is 6.42 Å². The summed E-state index contributed by atoms with van der Waals surface area (Å²) in [4.78, 5) is 11.0. The quantitative estimate of drug-likeness (QED) is 0.609. The summed E-state index contributed by atoms with van der Waals surface area (Å²) in [6.07, 6.45) is 7.08. The average molecular weight is 183 g/mol. The third kappa shape index (κ3) is 3.08. The second-order valence-electron chi connectivity index (χ2n) is 3.05. The minimum Gasteiger partial charge on any atom is -0.480 e. The molecule has 0 aliphatic heterocycles. The molecular weight excluding hydrogens is 166 g/mol. The van der Waals surface area contributed by atoms with Crippen LogP contribution in [0.15, 0.2) is 0 Å². The van der Waals surface area contributed by atoms with Gasteiger partial charge in [-0.1, -0.05) is 26.2 Å². The lowest BCUT2D eigenvalue weighted by Gasteiger charge is -2.28. The SMILES string of the molecule is C#CCNC(CC)(CCC)C(=O)O. The number of terminal acetylenes is 1. The van der Waals surface area contributed by atoms with Gasteiger partial charge in [0.15, 0.2) is 0 Å². The van der Waals surface area contributed by atoms with Gasteiger partial charge in [-0.2, -0.15) is 0 Å². The molecular formula is C10H17NO2. The van der Waals surface area contributed by atoms with Crippen molar-refractivity contribution < 1.29 is 9.90 Å². The maximum atomic E-state index is 11.0. The van der Waals surface area contributed by atoms with Gasteiger partial charge in [0.1, 0.15) is 5.54 Å². The Hall–Kier alpha value is -1.01. The lowest BCUT2D eigenvalue weighted by atomic mass is 9.91. The third-order valence-corrected chi connectivity index (χ3v) is 2.22. The van der Waals surface area contributed by atoms with Crippen molar-refractivity contribution in [2.75, 3.05) is 6.54 Å². The Morgan fingerprint density at radius 3 is 2.54 bits per heavy atom. The molecule has 13 heavy (non-hydrogen) atoms. The number of hydrogen-bond donors (Lipinski definition) is 2. The van der Waals surface area contributed by atoms with Crippen molar-refractivity contribution in [3.8, 4) is 12.3 Å². The normalized spacial score (nSPS) is 14.5. The molecule has 0 saturated heterocycles. The van der Waals surface area contributed by atoms with Gasteiger partial charge in [0.05, 0.1) is 6.54 Å². The molecule has 0 bridgehead atoms. The Morgan fingerprint density at radius 1 is 1.62 bits per heavy atom. The Morgan fingerprint density at radius 2 is 2.23 bits per heavy atom. The molecule has 0 heterocycles. The highest BCUT2D eigenvalue weighted by Gasteiger charge is 2.34. The van der Waals surface area contributed by atoms with E-state index in [1.54, 1.807) is 0 Å². The fraction of sp³-hybridized carbons (Fsp3) is 0.700. The van der Waals surface area contributed by atoms with E-state index in [9.17, 15) is 4.79 Å². The molecule has 0 aliphatic carbocycles. The molecule has 0 radical (unpaired) electrons. The van der Waals surface area contributed by atoms with Crippen LogP contribution in [0.5, 0.6) is 0 Å². The highest BCUT2D eigenvalue weighted by Crippen LogP contribution is 2.17. The van der Waals surface area contributed by atoms with E-state index in [1.165, 1.54) is 0 Å². The van der Waals surface area contributed by atoms with Gasteiger partial charge in [-0.25, -0.2) is 0 Å². The molecule has 0 spiro atoms. The van der Waals surface area contributed by atoms with E-state index in [2.05, 4.69) is 11.2 Å². The number of hydrogen-bond acceptors (Lipinski definition) is 2. The van der Waals surface area contributed by atoms with Crippen LogP contribution in [0, 0.1) is 12.3 Å². The summed E-state index contributed by atoms with van der Waals surface area (Å²) < 4.78 is 0. The molecule has 1 unspecified atom stereocenters. The smallest absolute Gasteiger partial charge is 0.323 e. The summed E-state index contributed by atoms with van der Waals surface area (Å²) >= 11 is 0. The molecule has 0 aliphatic rings. The summed E-state index contributed by atoms with van der Waals surface area (Å²) in [7, 11) is 0. The maximum Gasteiger partial charge on any atom is 0.323 e. The van der Waals surface area contributed by atoms with Gasteiger partial charge in [-0.05, 0) is 12.8 Å². The summed E-state index contributed by atoms with van der Waals surface area (Å²) in [5.41, 5.74) is -0.832. The van der Waals surface area contributed by atoms with E-state index >= 15 is 0 Å². The molecule has 3 heteroatoms. The van der Waals surface area contributed by atoms with Crippen LogP contribution in [0.25, 0.3) is 0 Å². The Labute approximate surface area is 79.5 Å². The van der Waals surface area contributed by atoms with Gasteiger partial charge in [0.2, 0.25) is 0 Å². The van der Waals surface area contributed by atoms with Crippen LogP contribution in [-0.4, -0.2) is 23.2 Å². The molecule has 74 valence electrons. The molecule has 0 aromatic rings. The highest BCUT2D eigenvalue weighted by molar-refractivity contribution is 5.78. The number of carbonyl (C=O) groups is 1. The van der Waals surface area contributed by atoms with Crippen molar-refractivity contribution in [1.29, 1.82) is 0 Å². The van der Waals surface area contributed by atoms with Crippen molar-refractivity contribution in [3.63, 3.8) is 0 Å². The predicted octanol–water partition coefficient (Wildman–Crippen LogP) is 1.24. The molecule has 0 fully saturated rings. The molecule has 0 aromatic heterocycles. The van der Waals surface area contributed by atoms with E-state index in [1.807, 2.05) is 13.8 Å². The Kier molecular flexibility index (Phi) is 5.17. The molecule has 1 atom stereocenters. The fourth-order valence-corrected chi connectivity index (χ4v) is 1.37. The zero-order valence-corrected chi connectivity index (χ0v) is 8.26.